The van der Waals surface area contributed by atoms with Crippen LogP contribution in [0.2, 0.25) is 0 Å². The van der Waals surface area contributed by atoms with Gasteiger partial charge < -0.3 is 4.74 Å². The van der Waals surface area contributed by atoms with E-state index in [2.05, 4.69) is 13.0 Å². The summed E-state index contributed by atoms with van der Waals surface area (Å²) in [4.78, 5) is 0. The maximum absolute atomic E-state index is 8.25. The first-order valence-corrected chi connectivity index (χ1v) is 5.37. The zero-order valence-corrected chi connectivity index (χ0v) is 8.84. The van der Waals surface area contributed by atoms with E-state index in [9.17, 15) is 0 Å². The van der Waals surface area contributed by atoms with Crippen LogP contribution >= 0.6 is 24.0 Å². The van der Waals surface area contributed by atoms with Crippen molar-refractivity contribution in [2.24, 2.45) is 0 Å². The summed E-state index contributed by atoms with van der Waals surface area (Å²) in [6.07, 6.45) is 2.69. The van der Waals surface area contributed by atoms with E-state index < -0.39 is 0 Å². The van der Waals surface area contributed by atoms with Gasteiger partial charge in [-0.25, -0.2) is 0 Å². The third-order valence-electron chi connectivity index (χ3n) is 1.15. The normalized spacial score (nSPS) is 9.00. The fraction of sp³-hybridized carbons (Fsp3) is 0.750. The summed E-state index contributed by atoms with van der Waals surface area (Å²) < 4.78 is 5.78. The quantitative estimate of drug-likeness (QED) is 0.508. The number of thiocarbonyl (C=S) groups is 1. The zero-order chi connectivity index (χ0) is 9.23. The van der Waals surface area contributed by atoms with E-state index >= 15 is 0 Å². The van der Waals surface area contributed by atoms with Crippen molar-refractivity contribution in [2.75, 3.05) is 12.4 Å². The number of hydrogen-bond acceptors (Lipinski definition) is 4. The Kier molecular flexibility index (Phi) is 8.62. The minimum Gasteiger partial charge on any atom is -0.479 e. The summed E-state index contributed by atoms with van der Waals surface area (Å²) >= 11 is 6.35. The van der Waals surface area contributed by atoms with E-state index in [1.807, 2.05) is 0 Å². The maximum Gasteiger partial charge on any atom is 0.219 e. The van der Waals surface area contributed by atoms with E-state index in [4.69, 9.17) is 22.2 Å². The minimum atomic E-state index is 0.530. The molecule has 0 aliphatic carbocycles. The SMILES string of the molecule is CCCCOC(=S)SCCC#N. The van der Waals surface area contributed by atoms with E-state index in [0.717, 1.165) is 18.6 Å². The summed E-state index contributed by atoms with van der Waals surface area (Å²) in [7, 11) is 0. The molecule has 68 valence electrons. The molecule has 0 radical (unpaired) electrons. The van der Waals surface area contributed by atoms with Crippen LogP contribution < -0.4 is 0 Å². The molecule has 0 aromatic rings. The molecule has 0 saturated carbocycles. The van der Waals surface area contributed by atoms with Crippen LogP contribution in [0.5, 0.6) is 0 Å². The zero-order valence-electron chi connectivity index (χ0n) is 7.21. The molecule has 0 amide bonds. The van der Waals surface area contributed by atoms with Crippen LogP contribution in [0.3, 0.4) is 0 Å². The minimum absolute atomic E-state index is 0.530. The molecule has 0 aliphatic heterocycles. The molecular formula is C8H13NOS2. The van der Waals surface area contributed by atoms with Crippen molar-refractivity contribution < 1.29 is 4.74 Å². The van der Waals surface area contributed by atoms with Crippen molar-refractivity contribution in [3.63, 3.8) is 0 Å². The van der Waals surface area contributed by atoms with E-state index in [-0.39, 0.29) is 0 Å². The summed E-state index contributed by atoms with van der Waals surface area (Å²) in [5, 5.41) is 8.25. The molecule has 12 heavy (non-hydrogen) atoms. The molecule has 0 saturated heterocycles. The number of hydrogen-bond donors (Lipinski definition) is 0. The standard InChI is InChI=1S/C8H13NOS2/c1-2-3-6-10-8(11)12-7-4-5-9/h2-4,6-7H2,1H3. The van der Waals surface area contributed by atoms with Gasteiger partial charge in [-0.05, 0) is 18.6 Å². The number of nitrogens with zero attached hydrogens (tertiary/aromatic N) is 1. The number of unbranched alkanes of at least 4 members (excludes halogenated alkanes) is 1. The van der Waals surface area contributed by atoms with Crippen LogP contribution in [0.4, 0.5) is 0 Å². The van der Waals surface area contributed by atoms with E-state index in [1.165, 1.54) is 11.8 Å². The summed E-state index contributed by atoms with van der Waals surface area (Å²) in [6.45, 7) is 2.81. The Hall–Kier alpha value is -0.270. The van der Waals surface area contributed by atoms with Crippen LogP contribution in [0.15, 0.2) is 0 Å². The van der Waals surface area contributed by atoms with E-state index in [1.54, 1.807) is 0 Å². The van der Waals surface area contributed by atoms with Crippen molar-refractivity contribution in [1.29, 1.82) is 5.26 Å². The van der Waals surface area contributed by atoms with Crippen LogP contribution in [-0.4, -0.2) is 16.7 Å². The van der Waals surface area contributed by atoms with Crippen molar-refractivity contribution in [1.82, 2.24) is 0 Å². The van der Waals surface area contributed by atoms with Gasteiger partial charge in [0.05, 0.1) is 12.7 Å². The van der Waals surface area contributed by atoms with Crippen LogP contribution in [0.1, 0.15) is 26.2 Å². The fourth-order valence-electron chi connectivity index (χ4n) is 0.522. The highest BCUT2D eigenvalue weighted by Crippen LogP contribution is 2.07. The monoisotopic (exact) mass is 203 g/mol. The van der Waals surface area contributed by atoms with E-state index in [0.29, 0.717) is 17.4 Å². The molecule has 0 rings (SSSR count). The Bertz CT molecular complexity index is 165. The molecule has 0 aromatic heterocycles. The van der Waals surface area contributed by atoms with Crippen molar-refractivity contribution in [3.05, 3.63) is 0 Å². The molecule has 0 unspecified atom stereocenters. The van der Waals surface area contributed by atoms with Crippen molar-refractivity contribution in [3.8, 4) is 6.07 Å². The largest absolute Gasteiger partial charge is 0.479 e. The molecule has 0 bridgehead atoms. The van der Waals surface area contributed by atoms with Crippen molar-refractivity contribution in [2.45, 2.75) is 26.2 Å². The third-order valence-corrected chi connectivity index (χ3v) is 2.38. The van der Waals surface area contributed by atoms with Gasteiger partial charge >= 0.3 is 0 Å². The van der Waals surface area contributed by atoms with Crippen LogP contribution in [0, 0.1) is 11.3 Å². The third kappa shape index (κ3) is 7.83. The maximum atomic E-state index is 8.25. The summed E-state index contributed by atoms with van der Waals surface area (Å²) in [5.41, 5.74) is 0. The molecule has 0 aliphatic rings. The van der Waals surface area contributed by atoms with Gasteiger partial charge in [0.1, 0.15) is 0 Å². The first kappa shape index (κ1) is 11.7. The lowest BCUT2D eigenvalue weighted by atomic mass is 10.4. The lowest BCUT2D eigenvalue weighted by Gasteiger charge is -2.03. The number of rotatable bonds is 5. The van der Waals surface area contributed by atoms with Gasteiger partial charge in [-0.2, -0.15) is 5.26 Å². The lowest BCUT2D eigenvalue weighted by Crippen LogP contribution is -1.99. The lowest BCUT2D eigenvalue weighted by molar-refractivity contribution is 0.313. The Morgan fingerprint density at radius 2 is 2.42 bits per heavy atom. The first-order chi connectivity index (χ1) is 5.81. The molecule has 0 heterocycles. The van der Waals surface area contributed by atoms with Gasteiger partial charge in [0.2, 0.25) is 4.38 Å². The Morgan fingerprint density at radius 3 is 3.00 bits per heavy atom. The van der Waals surface area contributed by atoms with Crippen molar-refractivity contribution >= 4 is 28.4 Å². The average Bonchev–Trinajstić information content (AvgIpc) is 2.06. The van der Waals surface area contributed by atoms with Gasteiger partial charge in [-0.3, -0.25) is 0 Å². The second-order valence-corrected chi connectivity index (χ2v) is 3.91. The molecule has 0 spiro atoms. The second kappa shape index (κ2) is 8.82. The van der Waals surface area contributed by atoms with Gasteiger partial charge in [0.15, 0.2) is 0 Å². The Balaban J connectivity index is 3.17. The second-order valence-electron chi connectivity index (χ2n) is 2.21. The van der Waals surface area contributed by atoms with Crippen LogP contribution in [0.25, 0.3) is 0 Å². The van der Waals surface area contributed by atoms with Gasteiger partial charge in [0.25, 0.3) is 0 Å². The molecule has 0 fully saturated rings. The molecule has 2 nitrogen and oxygen atoms in total. The first-order valence-electron chi connectivity index (χ1n) is 3.97. The number of ether oxygens (including phenoxy) is 1. The molecule has 0 N–H and O–H groups in total. The van der Waals surface area contributed by atoms with Crippen LogP contribution in [-0.2, 0) is 4.74 Å². The Labute approximate surface area is 83.3 Å². The van der Waals surface area contributed by atoms with Gasteiger partial charge in [-0.1, -0.05) is 25.1 Å². The fourth-order valence-corrected chi connectivity index (χ4v) is 1.38. The molecule has 4 heteroatoms. The topological polar surface area (TPSA) is 33.0 Å². The summed E-state index contributed by atoms with van der Waals surface area (Å²) in [5.74, 6) is 0.738. The highest BCUT2D eigenvalue weighted by atomic mass is 32.2. The molecule has 0 aromatic carbocycles. The highest BCUT2D eigenvalue weighted by Gasteiger charge is 1.96. The van der Waals surface area contributed by atoms with Gasteiger partial charge in [-0.15, -0.1) is 0 Å². The summed E-state index contributed by atoms with van der Waals surface area (Å²) in [6, 6.07) is 2.05. The predicted octanol–water partition coefficient (Wildman–Crippen LogP) is 2.73. The molecular weight excluding hydrogens is 190 g/mol. The number of nitriles is 1. The average molecular weight is 203 g/mol. The number of thioether (sulfide) groups is 1. The smallest absolute Gasteiger partial charge is 0.219 e. The van der Waals surface area contributed by atoms with Gasteiger partial charge in [0, 0.05) is 12.2 Å². The predicted molar refractivity (Wildman–Crippen MR) is 56.1 cm³/mol. The highest BCUT2D eigenvalue weighted by molar-refractivity contribution is 8.22. The molecule has 0 atom stereocenters. The Morgan fingerprint density at radius 1 is 1.67 bits per heavy atom.